The average molecular weight is 226 g/mol. The van der Waals surface area contributed by atoms with Gasteiger partial charge in [-0.3, -0.25) is 0 Å². The van der Waals surface area contributed by atoms with Crippen molar-refractivity contribution < 1.29 is 14.9 Å². The predicted octanol–water partition coefficient (Wildman–Crippen LogP) is 1.66. The van der Waals surface area contributed by atoms with Crippen molar-refractivity contribution in [1.29, 1.82) is 0 Å². The first-order chi connectivity index (χ1) is 7.42. The molecule has 0 radical (unpaired) electrons. The smallest absolute Gasteiger partial charge is 0.0729 e. The third-order valence-electron chi connectivity index (χ3n) is 2.58. The van der Waals surface area contributed by atoms with E-state index in [1.807, 2.05) is 32.9 Å². The fourth-order valence-electron chi connectivity index (χ4n) is 1.69. The summed E-state index contributed by atoms with van der Waals surface area (Å²) in [5, 5.41) is 18.6. The highest BCUT2D eigenvalue weighted by molar-refractivity contribution is 5.19. The van der Waals surface area contributed by atoms with Gasteiger partial charge in [0, 0.05) is 5.92 Å². The van der Waals surface area contributed by atoms with E-state index < -0.39 is 0 Å². The van der Waals surface area contributed by atoms with E-state index in [4.69, 9.17) is 4.74 Å². The van der Waals surface area contributed by atoms with Gasteiger partial charge in [0.05, 0.1) is 24.9 Å². The molecule has 3 nitrogen and oxygen atoms in total. The summed E-state index contributed by atoms with van der Waals surface area (Å²) in [7, 11) is 0. The van der Waals surface area contributed by atoms with Crippen LogP contribution in [0.25, 0.3) is 0 Å². The van der Waals surface area contributed by atoms with Gasteiger partial charge in [-0.15, -0.1) is 0 Å². The van der Waals surface area contributed by atoms with Gasteiger partial charge in [0.1, 0.15) is 0 Å². The summed E-state index contributed by atoms with van der Waals surface area (Å²) in [6.45, 7) is 6.52. The fourth-order valence-corrected chi connectivity index (χ4v) is 1.69. The van der Waals surface area contributed by atoms with E-state index >= 15 is 0 Å². The second kappa shape index (κ2) is 5.62. The molecule has 0 aromatic rings. The summed E-state index contributed by atoms with van der Waals surface area (Å²) < 4.78 is 5.57. The minimum absolute atomic E-state index is 0.0230. The molecule has 0 bridgehead atoms. The SMILES string of the molecule is CC(C)(C)OC/C=C(\CO)C1C=CC(O)C1. The second-order valence-electron chi connectivity index (χ2n) is 5.15. The molecule has 0 amide bonds. The Bertz CT molecular complexity index is 273. The molecule has 0 aromatic carbocycles. The van der Waals surface area contributed by atoms with Crippen molar-refractivity contribution in [3.05, 3.63) is 23.8 Å². The average Bonchev–Trinajstić information content (AvgIpc) is 2.58. The molecular formula is C13H22O3. The zero-order chi connectivity index (χ0) is 12.2. The first-order valence-corrected chi connectivity index (χ1v) is 5.72. The van der Waals surface area contributed by atoms with E-state index in [0.29, 0.717) is 13.0 Å². The monoisotopic (exact) mass is 226 g/mol. The van der Waals surface area contributed by atoms with Crippen molar-refractivity contribution in [1.82, 2.24) is 0 Å². The topological polar surface area (TPSA) is 49.7 Å². The van der Waals surface area contributed by atoms with Crippen LogP contribution in [0.3, 0.4) is 0 Å². The van der Waals surface area contributed by atoms with Crippen molar-refractivity contribution in [2.75, 3.05) is 13.2 Å². The molecule has 0 aromatic heterocycles. The van der Waals surface area contributed by atoms with Gasteiger partial charge in [-0.2, -0.15) is 0 Å². The first-order valence-electron chi connectivity index (χ1n) is 5.72. The molecular weight excluding hydrogens is 204 g/mol. The maximum atomic E-state index is 9.37. The third-order valence-corrected chi connectivity index (χ3v) is 2.58. The van der Waals surface area contributed by atoms with Crippen LogP contribution in [-0.2, 0) is 4.74 Å². The van der Waals surface area contributed by atoms with Gasteiger partial charge in [-0.05, 0) is 32.8 Å². The molecule has 1 aliphatic carbocycles. The highest BCUT2D eigenvalue weighted by Gasteiger charge is 2.19. The van der Waals surface area contributed by atoms with Gasteiger partial charge in [0.2, 0.25) is 0 Å². The molecule has 0 spiro atoms. The Morgan fingerprint density at radius 1 is 1.44 bits per heavy atom. The standard InChI is InChI=1S/C13H22O3/c1-13(2,3)16-7-6-11(9-14)10-4-5-12(15)8-10/h4-6,10,12,14-15H,7-9H2,1-3H3/b11-6+. The zero-order valence-electron chi connectivity index (χ0n) is 10.3. The molecule has 1 aliphatic rings. The van der Waals surface area contributed by atoms with Crippen LogP contribution in [0.5, 0.6) is 0 Å². The number of ether oxygens (including phenoxy) is 1. The molecule has 0 saturated heterocycles. The summed E-state index contributed by atoms with van der Waals surface area (Å²) in [5.74, 6) is 0.156. The maximum Gasteiger partial charge on any atom is 0.0729 e. The Morgan fingerprint density at radius 2 is 2.12 bits per heavy atom. The largest absolute Gasteiger partial charge is 0.392 e. The summed E-state index contributed by atoms with van der Waals surface area (Å²) in [5.41, 5.74) is 0.763. The van der Waals surface area contributed by atoms with Crippen LogP contribution >= 0.6 is 0 Å². The van der Waals surface area contributed by atoms with Crippen LogP contribution in [0.4, 0.5) is 0 Å². The summed E-state index contributed by atoms with van der Waals surface area (Å²) in [6, 6.07) is 0. The lowest BCUT2D eigenvalue weighted by molar-refractivity contribution is 0.0144. The maximum absolute atomic E-state index is 9.37. The Hall–Kier alpha value is -0.640. The van der Waals surface area contributed by atoms with Crippen LogP contribution in [0.2, 0.25) is 0 Å². The van der Waals surface area contributed by atoms with E-state index in [0.717, 1.165) is 5.57 Å². The van der Waals surface area contributed by atoms with Crippen molar-refractivity contribution in [3.63, 3.8) is 0 Å². The minimum atomic E-state index is -0.372. The van der Waals surface area contributed by atoms with Gasteiger partial charge in [0.15, 0.2) is 0 Å². The summed E-state index contributed by atoms with van der Waals surface area (Å²) >= 11 is 0. The molecule has 2 atom stereocenters. The van der Waals surface area contributed by atoms with Crippen LogP contribution < -0.4 is 0 Å². The van der Waals surface area contributed by atoms with E-state index in [1.165, 1.54) is 0 Å². The minimum Gasteiger partial charge on any atom is -0.392 e. The molecule has 0 saturated carbocycles. The third kappa shape index (κ3) is 4.47. The lowest BCUT2D eigenvalue weighted by Crippen LogP contribution is -2.19. The normalized spacial score (nSPS) is 26.4. The Kier molecular flexibility index (Phi) is 4.71. The van der Waals surface area contributed by atoms with Gasteiger partial charge < -0.3 is 14.9 Å². The van der Waals surface area contributed by atoms with Gasteiger partial charge >= 0.3 is 0 Å². The second-order valence-corrected chi connectivity index (χ2v) is 5.15. The lowest BCUT2D eigenvalue weighted by atomic mass is 9.98. The number of hydrogen-bond donors (Lipinski definition) is 2. The quantitative estimate of drug-likeness (QED) is 0.717. The van der Waals surface area contributed by atoms with Crippen LogP contribution in [0, 0.1) is 5.92 Å². The van der Waals surface area contributed by atoms with E-state index in [2.05, 4.69) is 0 Å². The van der Waals surface area contributed by atoms with Crippen molar-refractivity contribution in [2.45, 2.75) is 38.9 Å². The molecule has 2 unspecified atom stereocenters. The molecule has 3 heteroatoms. The summed E-state index contributed by atoms with van der Waals surface area (Å²) in [6.07, 6.45) is 5.94. The van der Waals surface area contributed by atoms with Crippen LogP contribution in [0.15, 0.2) is 23.8 Å². The van der Waals surface area contributed by atoms with Crippen LogP contribution in [-0.4, -0.2) is 35.1 Å². The van der Waals surface area contributed by atoms with E-state index in [-0.39, 0.29) is 24.2 Å². The number of aliphatic hydroxyl groups excluding tert-OH is 2. The highest BCUT2D eigenvalue weighted by atomic mass is 16.5. The number of hydrogen-bond acceptors (Lipinski definition) is 3. The van der Waals surface area contributed by atoms with E-state index in [9.17, 15) is 10.2 Å². The van der Waals surface area contributed by atoms with Crippen molar-refractivity contribution in [2.24, 2.45) is 5.92 Å². The zero-order valence-corrected chi connectivity index (χ0v) is 10.3. The van der Waals surface area contributed by atoms with Gasteiger partial charge in [-0.1, -0.05) is 18.2 Å². The fraction of sp³-hybridized carbons (Fsp3) is 0.692. The first kappa shape index (κ1) is 13.4. The molecule has 0 aliphatic heterocycles. The Morgan fingerprint density at radius 3 is 2.56 bits per heavy atom. The number of rotatable bonds is 4. The Balaban J connectivity index is 2.48. The Labute approximate surface area is 97.4 Å². The molecule has 0 heterocycles. The van der Waals surface area contributed by atoms with E-state index in [1.54, 1.807) is 6.08 Å². The summed E-state index contributed by atoms with van der Waals surface area (Å²) in [4.78, 5) is 0. The highest BCUT2D eigenvalue weighted by Crippen LogP contribution is 2.25. The van der Waals surface area contributed by atoms with Crippen molar-refractivity contribution >= 4 is 0 Å². The molecule has 92 valence electrons. The molecule has 2 N–H and O–H groups in total. The number of allylic oxidation sites excluding steroid dienone is 1. The molecule has 1 rings (SSSR count). The molecule has 16 heavy (non-hydrogen) atoms. The lowest BCUT2D eigenvalue weighted by Gasteiger charge is -2.19. The van der Waals surface area contributed by atoms with Gasteiger partial charge in [-0.25, -0.2) is 0 Å². The predicted molar refractivity (Wildman–Crippen MR) is 64.1 cm³/mol. The van der Waals surface area contributed by atoms with Crippen LogP contribution in [0.1, 0.15) is 27.2 Å². The molecule has 0 fully saturated rings. The van der Waals surface area contributed by atoms with Crippen molar-refractivity contribution in [3.8, 4) is 0 Å². The van der Waals surface area contributed by atoms with Gasteiger partial charge in [0.25, 0.3) is 0 Å². The number of aliphatic hydroxyl groups is 2.